The molecule has 1 heterocycles. The van der Waals surface area contributed by atoms with E-state index >= 15 is 0 Å². The van der Waals surface area contributed by atoms with Gasteiger partial charge in [-0.3, -0.25) is 4.98 Å². The van der Waals surface area contributed by atoms with Crippen LogP contribution in [-0.4, -0.2) is 34.5 Å². The highest BCUT2D eigenvalue weighted by Crippen LogP contribution is 2.28. The molecule has 3 N–H and O–H groups in total. The van der Waals surface area contributed by atoms with E-state index in [2.05, 4.69) is 30.2 Å². The van der Waals surface area contributed by atoms with E-state index in [1.54, 1.807) is 0 Å². The Bertz CT molecular complexity index is 677. The second kappa shape index (κ2) is 6.53. The molecule has 0 saturated carbocycles. The lowest BCUT2D eigenvalue weighted by Crippen LogP contribution is -2.23. The van der Waals surface area contributed by atoms with Crippen LogP contribution in [0.1, 0.15) is 30.9 Å². The zero-order valence-electron chi connectivity index (χ0n) is 12.2. The number of anilines is 1. The van der Waals surface area contributed by atoms with Crippen molar-refractivity contribution in [3.05, 3.63) is 35.5 Å². The van der Waals surface area contributed by atoms with Crippen LogP contribution in [0, 0.1) is 11.3 Å². The second-order valence-electron chi connectivity index (χ2n) is 5.31. The lowest BCUT2D eigenvalue weighted by Gasteiger charge is -2.15. The summed E-state index contributed by atoms with van der Waals surface area (Å²) in [6.07, 6.45) is 0.651. The van der Waals surface area contributed by atoms with Crippen LogP contribution in [0.2, 0.25) is 0 Å². The monoisotopic (exact) mass is 285 g/mol. The molecule has 0 aliphatic rings. The normalized spacial score (nSPS) is 12.4. The molecule has 2 rings (SSSR count). The molecule has 0 unspecified atom stereocenters. The van der Waals surface area contributed by atoms with E-state index in [-0.39, 0.29) is 13.2 Å². The molecule has 5 nitrogen and oxygen atoms in total. The van der Waals surface area contributed by atoms with Gasteiger partial charge >= 0.3 is 0 Å². The minimum absolute atomic E-state index is 0.177. The van der Waals surface area contributed by atoms with Crippen LogP contribution in [0.5, 0.6) is 0 Å². The van der Waals surface area contributed by atoms with Crippen molar-refractivity contribution in [1.82, 2.24) is 4.98 Å². The van der Waals surface area contributed by atoms with Crippen molar-refractivity contribution >= 4 is 16.6 Å². The van der Waals surface area contributed by atoms with Gasteiger partial charge in [0.1, 0.15) is 6.07 Å². The lowest BCUT2D eigenvalue weighted by atomic mass is 9.99. The predicted octanol–water partition coefficient (Wildman–Crippen LogP) is 1.99. The standard InChI is InChI=1S/C16H19N3O2/c1-10(2)11-3-4-15-14(5-11)16(12(6-17)7-18-15)19-8-13(21)9-20/h3-5,7,10,13,20-21H,8-9H2,1-2H3,(H,18,19)/t13-/m0/s1. The van der Waals surface area contributed by atoms with Crippen molar-refractivity contribution in [1.29, 1.82) is 5.26 Å². The zero-order chi connectivity index (χ0) is 15.4. The van der Waals surface area contributed by atoms with Gasteiger partial charge in [-0.1, -0.05) is 19.9 Å². The number of nitriles is 1. The van der Waals surface area contributed by atoms with E-state index in [0.29, 0.717) is 17.2 Å². The first-order chi connectivity index (χ1) is 10.1. The summed E-state index contributed by atoms with van der Waals surface area (Å²) in [6, 6.07) is 8.08. The molecular formula is C16H19N3O2. The molecule has 0 spiro atoms. The highest BCUT2D eigenvalue weighted by Gasteiger charge is 2.12. The quantitative estimate of drug-likeness (QED) is 0.782. The van der Waals surface area contributed by atoms with Gasteiger partial charge in [-0.2, -0.15) is 5.26 Å². The molecule has 1 aromatic heterocycles. The number of aliphatic hydroxyl groups excluding tert-OH is 2. The third-order valence-electron chi connectivity index (χ3n) is 3.40. The number of aliphatic hydroxyl groups is 2. The van der Waals surface area contributed by atoms with Gasteiger partial charge < -0.3 is 15.5 Å². The minimum atomic E-state index is -0.868. The van der Waals surface area contributed by atoms with Gasteiger partial charge in [-0.25, -0.2) is 0 Å². The van der Waals surface area contributed by atoms with Gasteiger partial charge in [0.15, 0.2) is 0 Å². The van der Waals surface area contributed by atoms with Crippen molar-refractivity contribution < 1.29 is 10.2 Å². The van der Waals surface area contributed by atoms with Crippen molar-refractivity contribution in [2.24, 2.45) is 0 Å². The Morgan fingerprint density at radius 3 is 2.76 bits per heavy atom. The van der Waals surface area contributed by atoms with Gasteiger partial charge in [0.2, 0.25) is 0 Å². The zero-order valence-corrected chi connectivity index (χ0v) is 12.2. The van der Waals surface area contributed by atoms with Crippen molar-refractivity contribution in [3.8, 4) is 6.07 Å². The highest BCUT2D eigenvalue weighted by atomic mass is 16.3. The maximum atomic E-state index is 9.49. The van der Waals surface area contributed by atoms with Crippen molar-refractivity contribution in [2.45, 2.75) is 25.9 Å². The summed E-state index contributed by atoms with van der Waals surface area (Å²) in [5, 5.41) is 31.5. The summed E-state index contributed by atoms with van der Waals surface area (Å²) in [6.45, 7) is 4.06. The number of nitrogens with zero attached hydrogens (tertiary/aromatic N) is 2. The maximum Gasteiger partial charge on any atom is 0.103 e. The summed E-state index contributed by atoms with van der Waals surface area (Å²) in [5.41, 5.74) is 3.02. The highest BCUT2D eigenvalue weighted by molar-refractivity contribution is 5.94. The SMILES string of the molecule is CC(C)c1ccc2ncc(C#N)c(NC[C@H](O)CO)c2c1. The molecule has 5 heteroatoms. The molecule has 110 valence electrons. The van der Waals surface area contributed by atoms with Crippen LogP contribution in [0.3, 0.4) is 0 Å². The molecular weight excluding hydrogens is 266 g/mol. The average Bonchev–Trinajstić information content (AvgIpc) is 2.51. The fourth-order valence-corrected chi connectivity index (χ4v) is 2.13. The number of pyridine rings is 1. The minimum Gasteiger partial charge on any atom is -0.394 e. The van der Waals surface area contributed by atoms with Gasteiger partial charge in [-0.15, -0.1) is 0 Å². The number of hydrogen-bond acceptors (Lipinski definition) is 5. The van der Waals surface area contributed by atoms with Gasteiger partial charge in [0.25, 0.3) is 0 Å². The molecule has 0 aliphatic heterocycles. The van der Waals surface area contributed by atoms with E-state index in [9.17, 15) is 10.4 Å². The van der Waals surface area contributed by atoms with E-state index in [1.165, 1.54) is 6.20 Å². The molecule has 2 aromatic rings. The second-order valence-corrected chi connectivity index (χ2v) is 5.31. The Morgan fingerprint density at radius 1 is 1.38 bits per heavy atom. The third-order valence-corrected chi connectivity index (χ3v) is 3.40. The predicted molar refractivity (Wildman–Crippen MR) is 82.1 cm³/mol. The van der Waals surface area contributed by atoms with Crippen LogP contribution in [0.15, 0.2) is 24.4 Å². The molecule has 1 atom stereocenters. The first-order valence-corrected chi connectivity index (χ1v) is 6.92. The summed E-state index contributed by atoms with van der Waals surface area (Å²) >= 11 is 0. The lowest BCUT2D eigenvalue weighted by molar-refractivity contribution is 0.105. The molecule has 21 heavy (non-hydrogen) atoms. The van der Waals surface area contributed by atoms with Gasteiger partial charge in [-0.05, 0) is 23.6 Å². The fourth-order valence-electron chi connectivity index (χ4n) is 2.13. The van der Waals surface area contributed by atoms with Crippen LogP contribution in [0.25, 0.3) is 10.9 Å². The first kappa shape index (κ1) is 15.2. The maximum absolute atomic E-state index is 9.49. The van der Waals surface area contributed by atoms with Gasteiger partial charge in [0.05, 0.1) is 29.5 Å². The van der Waals surface area contributed by atoms with Crippen LogP contribution < -0.4 is 5.32 Å². The number of aromatic nitrogens is 1. The Morgan fingerprint density at radius 2 is 2.14 bits per heavy atom. The Kier molecular flexibility index (Phi) is 4.73. The number of rotatable bonds is 5. The topological polar surface area (TPSA) is 89.2 Å². The van der Waals surface area contributed by atoms with E-state index in [0.717, 1.165) is 16.5 Å². The largest absolute Gasteiger partial charge is 0.394 e. The van der Waals surface area contributed by atoms with Crippen molar-refractivity contribution in [2.75, 3.05) is 18.5 Å². The Labute approximate surface area is 123 Å². The van der Waals surface area contributed by atoms with E-state index in [4.69, 9.17) is 5.11 Å². The molecule has 0 saturated heterocycles. The van der Waals surface area contributed by atoms with Crippen LogP contribution in [0.4, 0.5) is 5.69 Å². The Hall–Kier alpha value is -2.16. The van der Waals surface area contributed by atoms with Gasteiger partial charge in [0, 0.05) is 18.1 Å². The number of benzene rings is 1. The summed E-state index contributed by atoms with van der Waals surface area (Å²) < 4.78 is 0. The number of hydrogen-bond donors (Lipinski definition) is 3. The average molecular weight is 285 g/mol. The van der Waals surface area contributed by atoms with Crippen LogP contribution in [-0.2, 0) is 0 Å². The molecule has 1 aromatic carbocycles. The van der Waals surface area contributed by atoms with E-state index in [1.807, 2.05) is 18.2 Å². The fraction of sp³-hybridized carbons (Fsp3) is 0.375. The number of nitrogens with one attached hydrogen (secondary N) is 1. The van der Waals surface area contributed by atoms with Crippen LogP contribution >= 0.6 is 0 Å². The van der Waals surface area contributed by atoms with Crippen molar-refractivity contribution in [3.63, 3.8) is 0 Å². The third kappa shape index (κ3) is 3.30. The molecule has 0 radical (unpaired) electrons. The molecule has 0 aliphatic carbocycles. The first-order valence-electron chi connectivity index (χ1n) is 6.92. The summed E-state index contributed by atoms with van der Waals surface area (Å²) in [5.74, 6) is 0.371. The smallest absolute Gasteiger partial charge is 0.103 e. The summed E-state index contributed by atoms with van der Waals surface area (Å²) in [7, 11) is 0. The number of fused-ring (bicyclic) bond motifs is 1. The molecule has 0 bridgehead atoms. The van der Waals surface area contributed by atoms with E-state index < -0.39 is 6.10 Å². The summed E-state index contributed by atoms with van der Waals surface area (Å²) in [4.78, 5) is 4.29. The Balaban J connectivity index is 2.52. The molecule has 0 fully saturated rings. The molecule has 0 amide bonds.